The predicted octanol–water partition coefficient (Wildman–Crippen LogP) is 6.80. The van der Waals surface area contributed by atoms with Crippen LogP contribution in [0.3, 0.4) is 0 Å². The van der Waals surface area contributed by atoms with Crippen LogP contribution in [0.5, 0.6) is 11.5 Å². The number of rotatable bonds is 8. The molecule has 0 N–H and O–H groups in total. The summed E-state index contributed by atoms with van der Waals surface area (Å²) in [7, 11) is 3.16. The van der Waals surface area contributed by atoms with Crippen LogP contribution in [0.1, 0.15) is 22.3 Å². The van der Waals surface area contributed by atoms with Crippen molar-refractivity contribution in [3.05, 3.63) is 166 Å². The second-order valence-electron chi connectivity index (χ2n) is 12.6. The summed E-state index contributed by atoms with van der Waals surface area (Å²) in [5.41, 5.74) is 0.736. The third-order valence-corrected chi connectivity index (χ3v) is 10.5. The maximum atomic E-state index is 16.0. The van der Waals surface area contributed by atoms with Gasteiger partial charge in [-0.2, -0.15) is 0 Å². The molecule has 5 aromatic carbocycles. The third-order valence-electron chi connectivity index (χ3n) is 10.5. The first kappa shape index (κ1) is 31.0. The van der Waals surface area contributed by atoms with E-state index >= 15 is 14.4 Å². The van der Waals surface area contributed by atoms with E-state index in [1.807, 2.05) is 109 Å². The molecule has 0 spiro atoms. The highest BCUT2D eigenvalue weighted by Crippen LogP contribution is 2.74. The van der Waals surface area contributed by atoms with Crippen molar-refractivity contribution < 1.29 is 28.8 Å². The molecule has 8 rings (SSSR count). The topological polar surface area (TPSA) is 116 Å². The average Bonchev–Trinajstić information content (AvgIpc) is 3.67. The zero-order chi connectivity index (χ0) is 34.8. The number of non-ortho nitro benzene ring substituents is 1. The van der Waals surface area contributed by atoms with Gasteiger partial charge in [0, 0.05) is 12.1 Å². The molecule has 1 saturated heterocycles. The molecule has 4 unspecified atom stereocenters. The summed E-state index contributed by atoms with van der Waals surface area (Å²) in [6.45, 7) is 0. The molecule has 246 valence electrons. The molecule has 4 atom stereocenters. The largest absolute Gasteiger partial charge is 0.497 e. The number of benzene rings is 5. The summed E-state index contributed by atoms with van der Waals surface area (Å²) in [6, 6.07) is 38.6. The molecule has 1 aliphatic heterocycles. The normalized spacial score (nSPS) is 23.7. The number of carbonyl (C=O) groups excluding carboxylic acids is 3. The summed E-state index contributed by atoms with van der Waals surface area (Å²) in [5, 5.41) is 11.5. The molecular weight excluding hydrogens is 632 g/mol. The smallest absolute Gasteiger partial charge is 0.269 e. The number of methoxy groups -OCH3 is 2. The van der Waals surface area contributed by atoms with Crippen LogP contribution in [-0.2, 0) is 25.2 Å². The number of ketones is 1. The molecule has 3 aliphatic rings. The maximum Gasteiger partial charge on any atom is 0.269 e. The van der Waals surface area contributed by atoms with Crippen LogP contribution in [0, 0.1) is 22.0 Å². The molecule has 2 aliphatic carbocycles. The van der Waals surface area contributed by atoms with Crippen LogP contribution >= 0.6 is 0 Å². The Bertz CT molecular complexity index is 2090. The van der Waals surface area contributed by atoms with Crippen LogP contribution in [0.2, 0.25) is 0 Å². The van der Waals surface area contributed by atoms with Crippen molar-refractivity contribution in [1.29, 1.82) is 0 Å². The van der Waals surface area contributed by atoms with Gasteiger partial charge in [-0.3, -0.25) is 24.5 Å². The van der Waals surface area contributed by atoms with E-state index in [4.69, 9.17) is 9.47 Å². The molecule has 0 aromatic heterocycles. The zero-order valence-electron chi connectivity index (χ0n) is 27.1. The molecule has 2 fully saturated rings. The molecular formula is C41H30N2O7. The van der Waals surface area contributed by atoms with Gasteiger partial charge < -0.3 is 9.47 Å². The lowest BCUT2D eigenvalue weighted by Crippen LogP contribution is -2.45. The Labute approximate surface area is 287 Å². The van der Waals surface area contributed by atoms with E-state index in [-0.39, 0.29) is 17.2 Å². The minimum atomic E-state index is -1.59. The molecule has 9 nitrogen and oxygen atoms in total. The van der Waals surface area contributed by atoms with Gasteiger partial charge in [-0.25, -0.2) is 4.90 Å². The second-order valence-corrected chi connectivity index (χ2v) is 12.6. The Balaban J connectivity index is 1.51. The molecule has 5 aromatic rings. The van der Waals surface area contributed by atoms with Gasteiger partial charge in [0.05, 0.1) is 47.5 Å². The zero-order valence-corrected chi connectivity index (χ0v) is 27.1. The number of nitrogens with zero attached hydrogens (tertiary/aromatic N) is 2. The van der Waals surface area contributed by atoms with E-state index in [0.717, 1.165) is 4.90 Å². The van der Waals surface area contributed by atoms with E-state index < -0.39 is 39.4 Å². The van der Waals surface area contributed by atoms with E-state index in [1.165, 1.54) is 24.3 Å². The number of anilines is 1. The first-order valence-corrected chi connectivity index (χ1v) is 16.1. The van der Waals surface area contributed by atoms with Gasteiger partial charge in [0.25, 0.3) is 5.69 Å². The van der Waals surface area contributed by atoms with Crippen molar-refractivity contribution in [2.24, 2.45) is 11.8 Å². The number of ether oxygens (including phenoxy) is 2. The number of nitro benzene ring substituents is 1. The van der Waals surface area contributed by atoms with E-state index in [0.29, 0.717) is 44.9 Å². The van der Waals surface area contributed by atoms with Crippen LogP contribution < -0.4 is 14.4 Å². The standard InChI is InChI=1S/C41H30N2O7/c1-49-31-21-13-25(14-22-31)33-34(26-15-23-32(50-2)24-16-26)41(28-11-7-4-8-12-28)36-35(40(33,39(41)46)27-9-5-3-6-10-27)37(44)42(38(36)45)29-17-19-30(20-18-29)43(47)48/h3-24,35-36H,1-2H3. The van der Waals surface area contributed by atoms with Crippen molar-refractivity contribution in [3.63, 3.8) is 0 Å². The molecule has 1 saturated carbocycles. The number of hydrogen-bond donors (Lipinski definition) is 0. The van der Waals surface area contributed by atoms with Gasteiger partial charge in [0.2, 0.25) is 11.8 Å². The van der Waals surface area contributed by atoms with Crippen LogP contribution in [0.25, 0.3) is 11.1 Å². The summed E-state index contributed by atoms with van der Waals surface area (Å²) in [4.78, 5) is 58.2. The average molecular weight is 663 g/mol. The van der Waals surface area contributed by atoms with Crippen molar-refractivity contribution in [2.75, 3.05) is 19.1 Å². The Morgan fingerprint density at radius 3 is 1.34 bits per heavy atom. The Kier molecular flexibility index (Phi) is 7.04. The molecule has 1 heterocycles. The number of imide groups is 1. The first-order valence-electron chi connectivity index (χ1n) is 16.1. The first-order chi connectivity index (χ1) is 24.3. The van der Waals surface area contributed by atoms with Crippen molar-refractivity contribution >= 4 is 40.1 Å². The summed E-state index contributed by atoms with van der Waals surface area (Å²) >= 11 is 0. The predicted molar refractivity (Wildman–Crippen MR) is 187 cm³/mol. The molecule has 2 bridgehead atoms. The number of amides is 2. The number of nitro groups is 1. The summed E-state index contributed by atoms with van der Waals surface area (Å²) < 4.78 is 11.0. The van der Waals surface area contributed by atoms with E-state index in [9.17, 15) is 10.1 Å². The molecule has 2 amide bonds. The second kappa shape index (κ2) is 11.4. The quantitative estimate of drug-likeness (QED) is 0.102. The monoisotopic (exact) mass is 662 g/mol. The Morgan fingerprint density at radius 1 is 0.580 bits per heavy atom. The van der Waals surface area contributed by atoms with E-state index in [1.54, 1.807) is 14.2 Å². The number of carbonyl (C=O) groups is 3. The summed E-state index contributed by atoms with van der Waals surface area (Å²) in [5.74, 6) is -2.34. The number of allylic oxidation sites excluding steroid dienone is 2. The summed E-state index contributed by atoms with van der Waals surface area (Å²) in [6.07, 6.45) is 0. The van der Waals surface area contributed by atoms with E-state index in [2.05, 4.69) is 0 Å². The number of fused-ring (bicyclic) bond motifs is 5. The minimum Gasteiger partial charge on any atom is -0.497 e. The molecule has 0 radical (unpaired) electrons. The van der Waals surface area contributed by atoms with Crippen molar-refractivity contribution in [2.45, 2.75) is 10.8 Å². The van der Waals surface area contributed by atoms with Crippen molar-refractivity contribution in [1.82, 2.24) is 0 Å². The van der Waals surface area contributed by atoms with Gasteiger partial charge in [0.1, 0.15) is 11.5 Å². The van der Waals surface area contributed by atoms with Gasteiger partial charge >= 0.3 is 0 Å². The lowest BCUT2D eigenvalue weighted by Gasteiger charge is -2.39. The molecule has 50 heavy (non-hydrogen) atoms. The lowest BCUT2D eigenvalue weighted by atomic mass is 9.59. The van der Waals surface area contributed by atoms with Crippen LogP contribution in [0.15, 0.2) is 133 Å². The SMILES string of the molecule is COc1ccc(C2=C(c3ccc(OC)cc3)C3(c4ccccc4)C(=O)C2(c2ccccc2)C2C(=O)N(c4ccc([N+](=O)[O-])cc4)C(=O)C23)cc1. The maximum absolute atomic E-state index is 16.0. The fraction of sp³-hybridized carbons (Fsp3) is 0.146. The highest BCUT2D eigenvalue weighted by molar-refractivity contribution is 6.39. The Morgan fingerprint density at radius 2 is 0.980 bits per heavy atom. The number of hydrogen-bond acceptors (Lipinski definition) is 7. The van der Waals surface area contributed by atoms with Gasteiger partial charge in [-0.15, -0.1) is 0 Å². The minimum absolute atomic E-state index is 0.171. The van der Waals surface area contributed by atoms with Crippen LogP contribution in [-0.4, -0.2) is 36.7 Å². The van der Waals surface area contributed by atoms with Crippen molar-refractivity contribution in [3.8, 4) is 11.5 Å². The van der Waals surface area contributed by atoms with Gasteiger partial charge in [0.15, 0.2) is 5.78 Å². The van der Waals surface area contributed by atoms with Crippen LogP contribution in [0.4, 0.5) is 11.4 Å². The van der Waals surface area contributed by atoms with Gasteiger partial charge in [-0.1, -0.05) is 84.9 Å². The highest BCUT2D eigenvalue weighted by Gasteiger charge is 2.82. The fourth-order valence-electron chi connectivity index (χ4n) is 8.62. The lowest BCUT2D eigenvalue weighted by molar-refractivity contribution is -0.384. The fourth-order valence-corrected chi connectivity index (χ4v) is 8.62. The number of Topliss-reactive ketones (excluding diaryl/α,β-unsaturated/α-hetero) is 1. The highest BCUT2D eigenvalue weighted by atomic mass is 16.6. The third kappa shape index (κ3) is 3.97. The Hall–Kier alpha value is -6.35. The molecule has 9 heteroatoms. The van der Waals surface area contributed by atoms with Gasteiger partial charge in [-0.05, 0) is 69.8 Å².